The highest BCUT2D eigenvalue weighted by Gasteiger charge is 2.61. The fraction of sp³-hybridized carbons (Fsp3) is 0.714. The van der Waals surface area contributed by atoms with E-state index in [9.17, 15) is 9.59 Å². The predicted molar refractivity (Wildman–Crippen MR) is 104 cm³/mol. The topological polar surface area (TPSA) is 34.1 Å². The molecule has 0 bridgehead atoms. The van der Waals surface area contributed by atoms with E-state index < -0.39 is 6.17 Å². The first-order valence-corrected chi connectivity index (χ1v) is 11.0. The molecule has 0 amide bonds. The molecular formula is C21H26FIO2. The van der Waals surface area contributed by atoms with E-state index in [4.69, 9.17) is 0 Å². The average Bonchev–Trinajstić information content (AvgIpc) is 2.93. The average molecular weight is 456 g/mol. The number of fused-ring (bicyclic) bond motifs is 5. The molecule has 0 heterocycles. The van der Waals surface area contributed by atoms with E-state index in [0.717, 1.165) is 25.7 Å². The molecule has 1 unspecified atom stereocenters. The molecule has 4 rings (SSSR count). The monoisotopic (exact) mass is 456 g/mol. The van der Waals surface area contributed by atoms with Crippen LogP contribution < -0.4 is 0 Å². The van der Waals surface area contributed by atoms with Gasteiger partial charge in [0.25, 0.3) is 0 Å². The maximum atomic E-state index is 15.1. The Balaban J connectivity index is 1.70. The number of hydrogen-bond donors (Lipinski definition) is 0. The minimum atomic E-state index is -1.03. The van der Waals surface area contributed by atoms with Gasteiger partial charge in [0.2, 0.25) is 0 Å². The molecule has 0 N–H and O–H groups in total. The first-order valence-electron chi connectivity index (χ1n) is 9.49. The molecule has 0 radical (unpaired) electrons. The Bertz CT molecular complexity index is 683. The number of ketones is 2. The summed E-state index contributed by atoms with van der Waals surface area (Å²) >= 11 is 2.18. The molecule has 0 spiro atoms. The Morgan fingerprint density at radius 1 is 1.28 bits per heavy atom. The Morgan fingerprint density at radius 2 is 2.04 bits per heavy atom. The van der Waals surface area contributed by atoms with Crippen molar-refractivity contribution in [3.05, 3.63) is 23.8 Å². The molecule has 2 nitrogen and oxygen atoms in total. The Labute approximate surface area is 162 Å². The predicted octanol–water partition coefficient (Wildman–Crippen LogP) is 4.86. The lowest BCUT2D eigenvalue weighted by Crippen LogP contribution is -2.52. The van der Waals surface area contributed by atoms with Crippen LogP contribution in [0.4, 0.5) is 4.39 Å². The molecule has 0 aromatic rings. The Morgan fingerprint density at radius 3 is 2.76 bits per heavy atom. The lowest BCUT2D eigenvalue weighted by molar-refractivity contribution is -0.127. The van der Waals surface area contributed by atoms with Crippen molar-refractivity contribution in [2.24, 2.45) is 34.5 Å². The normalized spacial score (nSPS) is 48.4. The standard InChI is InChI=1S/C21H26FIO2/c1-20-8-6-15-13(14(20)3-4-16(20)19(25)11-23)10-18(22)17-9-12(24)5-7-21(15,17)2/h5,7,9,13-16,18H,3-4,6,8,10-11H2,1-2H3/t13-,14-,15-,16+,18?,20-,21+/m0/s1. The van der Waals surface area contributed by atoms with Gasteiger partial charge in [0.1, 0.15) is 12.0 Å². The number of alkyl halides is 2. The number of rotatable bonds is 2. The van der Waals surface area contributed by atoms with Gasteiger partial charge < -0.3 is 0 Å². The number of Topliss-reactive ketones (excluding diaryl/α,β-unsaturated/α-hetero) is 1. The Hall–Kier alpha value is -0.520. The van der Waals surface area contributed by atoms with Crippen molar-refractivity contribution in [3.63, 3.8) is 0 Å². The van der Waals surface area contributed by atoms with Gasteiger partial charge in [-0.1, -0.05) is 42.5 Å². The van der Waals surface area contributed by atoms with Crippen LogP contribution in [0.5, 0.6) is 0 Å². The summed E-state index contributed by atoms with van der Waals surface area (Å²) in [5.74, 6) is 1.60. The van der Waals surface area contributed by atoms with Crippen LogP contribution in [0.3, 0.4) is 0 Å². The first kappa shape index (κ1) is 17.9. The zero-order valence-electron chi connectivity index (χ0n) is 14.9. The highest BCUT2D eigenvalue weighted by atomic mass is 127. The second kappa shape index (κ2) is 6.00. The SMILES string of the molecule is C[C@]12CC[C@H]3[C@@H](CC(F)C4=CC(=O)C=C[C@@]43C)[C@@H]1CC[C@@H]2C(=O)CI. The molecule has 25 heavy (non-hydrogen) atoms. The van der Waals surface area contributed by atoms with Gasteiger partial charge in [0.15, 0.2) is 5.78 Å². The maximum Gasteiger partial charge on any atom is 0.178 e. The molecule has 4 aliphatic carbocycles. The summed E-state index contributed by atoms with van der Waals surface area (Å²) in [5.41, 5.74) is 0.403. The van der Waals surface area contributed by atoms with Crippen molar-refractivity contribution in [2.45, 2.75) is 52.1 Å². The molecule has 4 heteroatoms. The molecule has 4 aliphatic rings. The van der Waals surface area contributed by atoms with Gasteiger partial charge in [0, 0.05) is 11.3 Å². The van der Waals surface area contributed by atoms with Crippen molar-refractivity contribution in [1.29, 1.82) is 0 Å². The van der Waals surface area contributed by atoms with Gasteiger partial charge in [-0.25, -0.2) is 4.39 Å². The summed E-state index contributed by atoms with van der Waals surface area (Å²) in [6.07, 6.45) is 8.75. The summed E-state index contributed by atoms with van der Waals surface area (Å²) in [7, 11) is 0. The molecule has 0 aromatic heterocycles. The lowest BCUT2D eigenvalue weighted by atomic mass is 9.47. The van der Waals surface area contributed by atoms with E-state index in [2.05, 4.69) is 36.4 Å². The van der Waals surface area contributed by atoms with E-state index in [-0.39, 0.29) is 22.5 Å². The zero-order valence-corrected chi connectivity index (χ0v) is 17.1. The van der Waals surface area contributed by atoms with E-state index in [1.807, 2.05) is 6.08 Å². The van der Waals surface area contributed by atoms with Gasteiger partial charge in [-0.05, 0) is 73.0 Å². The van der Waals surface area contributed by atoms with Crippen LogP contribution in [-0.2, 0) is 9.59 Å². The molecule has 0 saturated heterocycles. The van der Waals surface area contributed by atoms with Gasteiger partial charge >= 0.3 is 0 Å². The second-order valence-corrected chi connectivity index (χ2v) is 9.74. The first-order chi connectivity index (χ1) is 11.8. The number of carbonyl (C=O) groups is 2. The molecule has 0 aliphatic heterocycles. The fourth-order valence-corrected chi connectivity index (χ4v) is 7.35. The van der Waals surface area contributed by atoms with Crippen molar-refractivity contribution in [2.75, 3.05) is 4.43 Å². The minimum Gasteiger partial charge on any atom is -0.299 e. The van der Waals surface area contributed by atoms with Crippen LogP contribution in [0, 0.1) is 34.5 Å². The summed E-state index contributed by atoms with van der Waals surface area (Å²) < 4.78 is 15.7. The van der Waals surface area contributed by atoms with Crippen LogP contribution in [0.2, 0.25) is 0 Å². The van der Waals surface area contributed by atoms with E-state index in [1.165, 1.54) is 0 Å². The van der Waals surface area contributed by atoms with Crippen molar-refractivity contribution < 1.29 is 14.0 Å². The van der Waals surface area contributed by atoms with E-state index in [1.54, 1.807) is 12.2 Å². The molecule has 0 aromatic carbocycles. The summed E-state index contributed by atoms with van der Waals surface area (Å²) in [5, 5.41) is 0. The third-order valence-corrected chi connectivity index (χ3v) is 8.81. The Kier molecular flexibility index (Phi) is 4.29. The third-order valence-electron chi connectivity index (χ3n) is 8.06. The molecule has 7 atom stereocenters. The van der Waals surface area contributed by atoms with Gasteiger partial charge in [-0.15, -0.1) is 0 Å². The largest absolute Gasteiger partial charge is 0.299 e. The fourth-order valence-electron chi connectivity index (χ4n) is 6.82. The molecular weight excluding hydrogens is 430 g/mol. The molecule has 3 fully saturated rings. The van der Waals surface area contributed by atoms with Gasteiger partial charge in [-0.3, -0.25) is 9.59 Å². The number of allylic oxidation sites excluding steroid dienone is 4. The second-order valence-electron chi connectivity index (χ2n) is 8.97. The third kappa shape index (κ3) is 2.45. The summed E-state index contributed by atoms with van der Waals surface area (Å²) in [6.45, 7) is 4.41. The van der Waals surface area contributed by atoms with Crippen LogP contribution in [0.15, 0.2) is 23.8 Å². The van der Waals surface area contributed by atoms with Crippen LogP contribution in [0.25, 0.3) is 0 Å². The van der Waals surface area contributed by atoms with Crippen molar-refractivity contribution in [3.8, 4) is 0 Å². The molecule has 136 valence electrons. The van der Waals surface area contributed by atoms with E-state index in [0.29, 0.717) is 40.0 Å². The maximum absolute atomic E-state index is 15.1. The highest BCUT2D eigenvalue weighted by Crippen LogP contribution is 2.66. The zero-order chi connectivity index (χ0) is 18.0. The van der Waals surface area contributed by atoms with E-state index >= 15 is 4.39 Å². The smallest absolute Gasteiger partial charge is 0.178 e. The van der Waals surface area contributed by atoms with Gasteiger partial charge in [0.05, 0.1) is 4.43 Å². The highest BCUT2D eigenvalue weighted by molar-refractivity contribution is 14.1. The van der Waals surface area contributed by atoms with Crippen LogP contribution in [-0.4, -0.2) is 22.2 Å². The van der Waals surface area contributed by atoms with Crippen LogP contribution in [0.1, 0.15) is 46.0 Å². The van der Waals surface area contributed by atoms with Gasteiger partial charge in [-0.2, -0.15) is 0 Å². The van der Waals surface area contributed by atoms with Crippen molar-refractivity contribution >= 4 is 34.2 Å². The summed E-state index contributed by atoms with van der Waals surface area (Å²) in [6, 6.07) is 0. The lowest BCUT2D eigenvalue weighted by Gasteiger charge is -2.57. The number of halogens is 2. The molecule has 3 saturated carbocycles. The van der Waals surface area contributed by atoms with Crippen molar-refractivity contribution in [1.82, 2.24) is 0 Å². The number of hydrogen-bond acceptors (Lipinski definition) is 2. The quantitative estimate of drug-likeness (QED) is 0.439. The summed E-state index contributed by atoms with van der Waals surface area (Å²) in [4.78, 5) is 24.3. The number of carbonyl (C=O) groups excluding carboxylic acids is 2. The van der Waals surface area contributed by atoms with Crippen LogP contribution >= 0.6 is 22.6 Å². The minimum absolute atomic E-state index is 0.0366.